The van der Waals surface area contributed by atoms with Gasteiger partial charge in [-0.25, -0.2) is 0 Å². The predicted molar refractivity (Wildman–Crippen MR) is 91.3 cm³/mol. The van der Waals surface area contributed by atoms with Gasteiger partial charge in [0.1, 0.15) is 0 Å². The first kappa shape index (κ1) is 15.7. The van der Waals surface area contributed by atoms with Crippen LogP contribution in [0.1, 0.15) is 74.4 Å². The van der Waals surface area contributed by atoms with Crippen LogP contribution >= 0.6 is 22.7 Å². The van der Waals surface area contributed by atoms with Gasteiger partial charge in [0, 0.05) is 15.8 Å². The van der Waals surface area contributed by atoms with Crippen LogP contribution in [0.4, 0.5) is 0 Å². The first-order valence-electron chi connectivity index (χ1n) is 7.81. The molecule has 0 fully saturated rings. The number of carbonyl (C=O) groups is 1. The predicted octanol–water partition coefficient (Wildman–Crippen LogP) is 6.68. The Kier molecular flexibility index (Phi) is 6.74. The molecule has 2 aromatic heterocycles. The highest BCUT2D eigenvalue weighted by atomic mass is 32.1. The van der Waals surface area contributed by atoms with Gasteiger partial charge in [0.15, 0.2) is 5.78 Å². The second-order valence-electron chi connectivity index (χ2n) is 5.41. The van der Waals surface area contributed by atoms with Gasteiger partial charge in [0.25, 0.3) is 0 Å². The van der Waals surface area contributed by atoms with Crippen LogP contribution in [0.2, 0.25) is 0 Å². The van der Waals surface area contributed by atoms with Crippen molar-refractivity contribution in [2.75, 3.05) is 0 Å². The Hall–Kier alpha value is -0.670. The molecule has 0 saturated carbocycles. The van der Waals surface area contributed by atoms with Gasteiger partial charge in [-0.3, -0.25) is 4.79 Å². The lowest BCUT2D eigenvalue weighted by molar-refractivity contribution is 0.0983. The molecule has 2 rings (SSSR count). The van der Waals surface area contributed by atoms with E-state index in [4.69, 9.17) is 0 Å². The summed E-state index contributed by atoms with van der Waals surface area (Å²) in [5.41, 5.74) is 0. The molecule has 2 heterocycles. The van der Waals surface area contributed by atoms with Crippen LogP contribution in [0.25, 0.3) is 9.40 Å². The van der Waals surface area contributed by atoms with Crippen LogP contribution in [0.5, 0.6) is 0 Å². The molecule has 1 nitrogen and oxygen atoms in total. The smallest absolute Gasteiger partial charge is 0.172 e. The summed E-state index contributed by atoms with van der Waals surface area (Å²) in [7, 11) is 0. The number of carbonyl (C=O) groups excluding carboxylic acids is 1. The van der Waals surface area contributed by atoms with E-state index in [1.165, 1.54) is 54.3 Å². The zero-order valence-electron chi connectivity index (χ0n) is 12.3. The highest BCUT2D eigenvalue weighted by Crippen LogP contribution is 2.30. The van der Waals surface area contributed by atoms with Gasteiger partial charge in [-0.1, -0.05) is 51.9 Å². The summed E-state index contributed by atoms with van der Waals surface area (Å²) in [4.78, 5) is 13.1. The molecule has 3 heteroatoms. The fourth-order valence-electron chi connectivity index (χ4n) is 2.45. The molecule has 0 aliphatic heterocycles. The second-order valence-corrected chi connectivity index (χ2v) is 7.44. The summed E-state index contributed by atoms with van der Waals surface area (Å²) in [5, 5.41) is 2.09. The Morgan fingerprint density at radius 1 is 1.00 bits per heavy atom. The van der Waals surface area contributed by atoms with Crippen LogP contribution in [0, 0.1) is 0 Å². The number of hydrogen-bond acceptors (Lipinski definition) is 3. The van der Waals surface area contributed by atoms with Crippen molar-refractivity contribution in [1.82, 2.24) is 0 Å². The Morgan fingerprint density at radius 2 is 1.70 bits per heavy atom. The average molecular weight is 309 g/mol. The zero-order chi connectivity index (χ0) is 14.2. The molecule has 0 radical (unpaired) electrons. The van der Waals surface area contributed by atoms with Gasteiger partial charge in [-0.15, -0.1) is 22.7 Å². The van der Waals surface area contributed by atoms with Crippen LogP contribution in [-0.2, 0) is 0 Å². The first-order valence-corrected chi connectivity index (χ1v) is 9.51. The van der Waals surface area contributed by atoms with E-state index in [9.17, 15) is 4.79 Å². The third-order valence-corrected chi connectivity index (χ3v) is 5.81. The van der Waals surface area contributed by atoms with E-state index < -0.39 is 0 Å². The molecule has 0 N–H and O–H groups in total. The van der Waals surface area contributed by atoms with Crippen molar-refractivity contribution < 1.29 is 4.79 Å². The number of thiophene rings is 2. The molecular formula is C17H24OS2. The van der Waals surface area contributed by atoms with E-state index >= 15 is 0 Å². The molecule has 0 bridgehead atoms. The molecule has 2 aromatic rings. The highest BCUT2D eigenvalue weighted by Gasteiger charge is 2.10. The number of ketones is 1. The van der Waals surface area contributed by atoms with Gasteiger partial charge >= 0.3 is 0 Å². The van der Waals surface area contributed by atoms with E-state index in [-0.39, 0.29) is 0 Å². The van der Waals surface area contributed by atoms with E-state index in [1.807, 2.05) is 0 Å². The SMILES string of the molecule is CCCCCCCCCCC(=O)c1cc2sccc2s1. The number of unbranched alkanes of at least 4 members (excludes halogenated alkanes) is 7. The summed E-state index contributed by atoms with van der Waals surface area (Å²) in [5.74, 6) is 0.337. The molecule has 0 aromatic carbocycles. The summed E-state index contributed by atoms with van der Waals surface area (Å²) in [6, 6.07) is 4.18. The minimum absolute atomic E-state index is 0.337. The Balaban J connectivity index is 1.59. The largest absolute Gasteiger partial charge is 0.293 e. The van der Waals surface area contributed by atoms with Crippen molar-refractivity contribution in [2.45, 2.75) is 64.7 Å². The number of fused-ring (bicyclic) bond motifs is 1. The van der Waals surface area contributed by atoms with Crippen molar-refractivity contribution in [1.29, 1.82) is 0 Å². The summed E-state index contributed by atoms with van der Waals surface area (Å²) in [6.45, 7) is 2.25. The lowest BCUT2D eigenvalue weighted by Gasteiger charge is -2.01. The average Bonchev–Trinajstić information content (AvgIpc) is 3.02. The minimum atomic E-state index is 0.337. The minimum Gasteiger partial charge on any atom is -0.293 e. The first-order chi connectivity index (χ1) is 9.81. The van der Waals surface area contributed by atoms with Crippen LogP contribution in [-0.4, -0.2) is 5.78 Å². The van der Waals surface area contributed by atoms with E-state index in [0.717, 1.165) is 17.7 Å². The fraction of sp³-hybridized carbons (Fsp3) is 0.588. The van der Waals surface area contributed by atoms with E-state index in [2.05, 4.69) is 24.4 Å². The molecule has 0 amide bonds. The van der Waals surface area contributed by atoms with Crippen LogP contribution < -0.4 is 0 Å². The number of Topliss-reactive ketones (excluding diaryl/α,β-unsaturated/α-hetero) is 1. The molecular weight excluding hydrogens is 284 g/mol. The molecule has 110 valence electrons. The second kappa shape index (κ2) is 8.58. The Morgan fingerprint density at radius 3 is 2.40 bits per heavy atom. The molecule has 20 heavy (non-hydrogen) atoms. The fourth-order valence-corrected chi connectivity index (χ4v) is 4.52. The normalized spacial score (nSPS) is 11.2. The maximum Gasteiger partial charge on any atom is 0.172 e. The third-order valence-electron chi connectivity index (χ3n) is 3.67. The quantitative estimate of drug-likeness (QED) is 0.353. The van der Waals surface area contributed by atoms with Gasteiger partial charge in [0.2, 0.25) is 0 Å². The molecule has 0 saturated heterocycles. The summed E-state index contributed by atoms with van der Waals surface area (Å²) in [6.07, 6.45) is 11.0. The van der Waals surface area contributed by atoms with Crippen LogP contribution in [0.15, 0.2) is 17.5 Å². The van der Waals surface area contributed by atoms with Gasteiger partial charge in [0.05, 0.1) is 4.88 Å². The Bertz CT molecular complexity index is 495. The van der Waals surface area contributed by atoms with Crippen LogP contribution in [0.3, 0.4) is 0 Å². The van der Waals surface area contributed by atoms with Gasteiger partial charge in [-0.2, -0.15) is 0 Å². The summed E-state index contributed by atoms with van der Waals surface area (Å²) >= 11 is 3.38. The number of hydrogen-bond donors (Lipinski definition) is 0. The lowest BCUT2D eigenvalue weighted by Crippen LogP contribution is -1.95. The molecule has 0 aliphatic rings. The zero-order valence-corrected chi connectivity index (χ0v) is 14.0. The third kappa shape index (κ3) is 4.71. The molecule has 0 aliphatic carbocycles. The lowest BCUT2D eigenvalue weighted by atomic mass is 10.1. The standard InChI is InChI=1S/C17H24OS2/c1-2-3-4-5-6-7-8-9-10-14(18)16-13-17-15(20-16)11-12-19-17/h11-13H,2-10H2,1H3. The van der Waals surface area contributed by atoms with Crippen molar-refractivity contribution in [2.24, 2.45) is 0 Å². The van der Waals surface area contributed by atoms with E-state index in [0.29, 0.717) is 5.78 Å². The molecule has 0 spiro atoms. The maximum absolute atomic E-state index is 12.1. The van der Waals surface area contributed by atoms with Crippen molar-refractivity contribution >= 4 is 37.9 Å². The topological polar surface area (TPSA) is 17.1 Å². The summed E-state index contributed by atoms with van der Waals surface area (Å²) < 4.78 is 2.52. The monoisotopic (exact) mass is 308 g/mol. The van der Waals surface area contributed by atoms with Gasteiger partial charge in [-0.05, 0) is 23.9 Å². The van der Waals surface area contributed by atoms with Gasteiger partial charge < -0.3 is 0 Å². The van der Waals surface area contributed by atoms with Crippen molar-refractivity contribution in [3.05, 3.63) is 22.4 Å². The van der Waals surface area contributed by atoms with E-state index in [1.54, 1.807) is 22.7 Å². The van der Waals surface area contributed by atoms with Crippen molar-refractivity contribution in [3.8, 4) is 0 Å². The number of rotatable bonds is 10. The van der Waals surface area contributed by atoms with Crippen molar-refractivity contribution in [3.63, 3.8) is 0 Å². The maximum atomic E-state index is 12.1. The highest BCUT2D eigenvalue weighted by molar-refractivity contribution is 7.27. The Labute approximate surface area is 130 Å². The molecule has 0 atom stereocenters. The molecule has 0 unspecified atom stereocenters.